The largest absolute Gasteiger partial charge is 0.460 e. The molecule has 0 amide bonds. The highest BCUT2D eigenvalue weighted by molar-refractivity contribution is 5.86. The van der Waals surface area contributed by atoms with Gasteiger partial charge in [-0.3, -0.25) is 0 Å². The Balaban J connectivity index is 1.78. The summed E-state index contributed by atoms with van der Waals surface area (Å²) < 4.78 is 10.2. The van der Waals surface area contributed by atoms with Crippen LogP contribution >= 0.6 is 0 Å². The summed E-state index contributed by atoms with van der Waals surface area (Å²) in [4.78, 5) is 11.4. The first-order valence-corrected chi connectivity index (χ1v) is 5.25. The second-order valence-corrected chi connectivity index (χ2v) is 3.84. The Labute approximate surface area is 88.4 Å². The Bertz CT molecular complexity index is 341. The van der Waals surface area contributed by atoms with Gasteiger partial charge in [-0.2, -0.15) is 0 Å². The SMILES string of the molecule is NCc1ccc(C(=O)OCCC2CC2)o1. The van der Waals surface area contributed by atoms with Crippen molar-refractivity contribution < 1.29 is 13.9 Å². The molecule has 4 nitrogen and oxygen atoms in total. The highest BCUT2D eigenvalue weighted by Crippen LogP contribution is 2.32. The van der Waals surface area contributed by atoms with Gasteiger partial charge in [-0.15, -0.1) is 0 Å². The monoisotopic (exact) mass is 209 g/mol. The Kier molecular flexibility index (Phi) is 3.06. The van der Waals surface area contributed by atoms with Gasteiger partial charge in [-0.25, -0.2) is 4.79 Å². The van der Waals surface area contributed by atoms with E-state index in [0.717, 1.165) is 12.3 Å². The van der Waals surface area contributed by atoms with E-state index in [2.05, 4.69) is 0 Å². The number of nitrogens with two attached hydrogens (primary N) is 1. The molecule has 0 spiro atoms. The minimum Gasteiger partial charge on any atom is -0.460 e. The fourth-order valence-electron chi connectivity index (χ4n) is 1.39. The first kappa shape index (κ1) is 10.2. The van der Waals surface area contributed by atoms with Crippen LogP contribution in [0.1, 0.15) is 35.6 Å². The molecule has 1 aromatic heterocycles. The maximum Gasteiger partial charge on any atom is 0.374 e. The second-order valence-electron chi connectivity index (χ2n) is 3.84. The van der Waals surface area contributed by atoms with Crippen molar-refractivity contribution in [1.29, 1.82) is 0 Å². The first-order chi connectivity index (χ1) is 7.29. The predicted molar refractivity (Wildman–Crippen MR) is 54.2 cm³/mol. The van der Waals surface area contributed by atoms with Crippen LogP contribution in [0.5, 0.6) is 0 Å². The molecule has 0 saturated heterocycles. The third-order valence-electron chi connectivity index (χ3n) is 2.52. The van der Waals surface area contributed by atoms with Crippen molar-refractivity contribution in [3.8, 4) is 0 Å². The lowest BCUT2D eigenvalue weighted by Gasteiger charge is -2.01. The van der Waals surface area contributed by atoms with Crippen molar-refractivity contribution in [2.24, 2.45) is 11.7 Å². The summed E-state index contributed by atoms with van der Waals surface area (Å²) in [6.45, 7) is 0.789. The number of carbonyl (C=O) groups excluding carboxylic acids is 1. The van der Waals surface area contributed by atoms with E-state index in [4.69, 9.17) is 14.9 Å². The van der Waals surface area contributed by atoms with Crippen molar-refractivity contribution in [3.05, 3.63) is 23.7 Å². The molecular weight excluding hydrogens is 194 g/mol. The molecule has 1 heterocycles. The number of carbonyl (C=O) groups is 1. The maximum absolute atomic E-state index is 11.4. The van der Waals surface area contributed by atoms with E-state index >= 15 is 0 Å². The van der Waals surface area contributed by atoms with Gasteiger partial charge in [0.05, 0.1) is 13.2 Å². The van der Waals surface area contributed by atoms with Crippen LogP contribution in [-0.4, -0.2) is 12.6 Å². The molecule has 1 aromatic rings. The van der Waals surface area contributed by atoms with Crippen LogP contribution < -0.4 is 5.73 Å². The molecule has 0 atom stereocenters. The molecule has 82 valence electrons. The fourth-order valence-corrected chi connectivity index (χ4v) is 1.39. The summed E-state index contributed by atoms with van der Waals surface area (Å²) in [6, 6.07) is 3.29. The van der Waals surface area contributed by atoms with E-state index in [1.807, 2.05) is 0 Å². The number of furan rings is 1. The number of ether oxygens (including phenoxy) is 1. The van der Waals surface area contributed by atoms with Gasteiger partial charge in [0, 0.05) is 0 Å². The van der Waals surface area contributed by atoms with E-state index in [-0.39, 0.29) is 5.76 Å². The zero-order valence-electron chi connectivity index (χ0n) is 8.57. The van der Waals surface area contributed by atoms with Crippen LogP contribution in [-0.2, 0) is 11.3 Å². The van der Waals surface area contributed by atoms with Crippen molar-refractivity contribution in [1.82, 2.24) is 0 Å². The fraction of sp³-hybridized carbons (Fsp3) is 0.545. The molecule has 2 N–H and O–H groups in total. The number of esters is 1. The van der Waals surface area contributed by atoms with Crippen LogP contribution in [0.15, 0.2) is 16.5 Å². The van der Waals surface area contributed by atoms with Crippen molar-refractivity contribution >= 4 is 5.97 Å². The molecule has 1 aliphatic rings. The van der Waals surface area contributed by atoms with E-state index in [0.29, 0.717) is 18.9 Å². The van der Waals surface area contributed by atoms with Crippen LogP contribution in [0, 0.1) is 5.92 Å². The van der Waals surface area contributed by atoms with Gasteiger partial charge < -0.3 is 14.9 Å². The molecule has 0 radical (unpaired) electrons. The molecule has 1 fully saturated rings. The van der Waals surface area contributed by atoms with Gasteiger partial charge in [0.15, 0.2) is 0 Å². The normalized spacial score (nSPS) is 15.3. The summed E-state index contributed by atoms with van der Waals surface area (Å²) in [5.41, 5.74) is 5.37. The molecule has 1 aliphatic carbocycles. The second kappa shape index (κ2) is 4.49. The minimum atomic E-state index is -0.393. The zero-order chi connectivity index (χ0) is 10.7. The van der Waals surface area contributed by atoms with Gasteiger partial charge in [0.25, 0.3) is 0 Å². The summed E-state index contributed by atoms with van der Waals surface area (Å²) in [5, 5.41) is 0. The Morgan fingerprint density at radius 3 is 2.93 bits per heavy atom. The summed E-state index contributed by atoms with van der Waals surface area (Å²) in [5.74, 6) is 1.22. The minimum absolute atomic E-state index is 0.242. The predicted octanol–water partition coefficient (Wildman–Crippen LogP) is 1.70. The molecule has 0 aliphatic heterocycles. The Hall–Kier alpha value is -1.29. The molecular formula is C11H15NO3. The maximum atomic E-state index is 11.4. The molecule has 0 unspecified atom stereocenters. The molecule has 15 heavy (non-hydrogen) atoms. The number of rotatable bonds is 5. The molecule has 0 aromatic carbocycles. The summed E-state index contributed by atoms with van der Waals surface area (Å²) in [6.07, 6.45) is 3.52. The third kappa shape index (κ3) is 2.83. The Morgan fingerprint density at radius 1 is 1.53 bits per heavy atom. The lowest BCUT2D eigenvalue weighted by atomic mass is 10.3. The van der Waals surface area contributed by atoms with Gasteiger partial charge in [-0.1, -0.05) is 12.8 Å². The van der Waals surface area contributed by atoms with Gasteiger partial charge in [0.1, 0.15) is 5.76 Å². The van der Waals surface area contributed by atoms with Gasteiger partial charge in [0.2, 0.25) is 5.76 Å². The van der Waals surface area contributed by atoms with E-state index in [9.17, 15) is 4.79 Å². The van der Waals surface area contributed by atoms with Crippen LogP contribution in [0.3, 0.4) is 0 Å². The average Bonchev–Trinajstić information content (AvgIpc) is 2.94. The standard InChI is InChI=1S/C11H15NO3/c12-7-9-3-4-10(15-9)11(13)14-6-5-8-1-2-8/h3-4,8H,1-2,5-7,12H2. The molecule has 0 bridgehead atoms. The third-order valence-corrected chi connectivity index (χ3v) is 2.52. The first-order valence-electron chi connectivity index (χ1n) is 5.25. The van der Waals surface area contributed by atoms with Crippen LogP contribution in [0.25, 0.3) is 0 Å². The van der Waals surface area contributed by atoms with E-state index in [1.165, 1.54) is 12.8 Å². The van der Waals surface area contributed by atoms with Gasteiger partial charge in [-0.05, 0) is 24.5 Å². The topological polar surface area (TPSA) is 65.5 Å². The van der Waals surface area contributed by atoms with Crippen LogP contribution in [0.2, 0.25) is 0 Å². The van der Waals surface area contributed by atoms with E-state index in [1.54, 1.807) is 12.1 Å². The van der Waals surface area contributed by atoms with E-state index < -0.39 is 5.97 Å². The number of hydrogen-bond donors (Lipinski definition) is 1. The van der Waals surface area contributed by atoms with Crippen LogP contribution in [0.4, 0.5) is 0 Å². The summed E-state index contributed by atoms with van der Waals surface area (Å²) >= 11 is 0. The summed E-state index contributed by atoms with van der Waals surface area (Å²) in [7, 11) is 0. The number of hydrogen-bond acceptors (Lipinski definition) is 4. The highest BCUT2D eigenvalue weighted by Gasteiger charge is 2.21. The lowest BCUT2D eigenvalue weighted by Crippen LogP contribution is -2.05. The van der Waals surface area contributed by atoms with Crippen molar-refractivity contribution in [2.75, 3.05) is 6.61 Å². The molecule has 1 saturated carbocycles. The quantitative estimate of drug-likeness (QED) is 0.749. The highest BCUT2D eigenvalue weighted by atomic mass is 16.5. The smallest absolute Gasteiger partial charge is 0.374 e. The lowest BCUT2D eigenvalue weighted by molar-refractivity contribution is 0.0456. The van der Waals surface area contributed by atoms with Gasteiger partial charge >= 0.3 is 5.97 Å². The Morgan fingerprint density at radius 2 is 2.33 bits per heavy atom. The molecule has 4 heteroatoms. The molecule has 2 rings (SSSR count). The average molecular weight is 209 g/mol. The zero-order valence-corrected chi connectivity index (χ0v) is 8.57. The van der Waals surface area contributed by atoms with Crippen molar-refractivity contribution in [3.63, 3.8) is 0 Å². The van der Waals surface area contributed by atoms with Crippen molar-refractivity contribution in [2.45, 2.75) is 25.8 Å².